The molecular weight excluding hydrogens is 320 g/mol. The molecule has 0 N–H and O–H groups in total. The minimum Gasteiger partial charge on any atom is -0.381 e. The van der Waals surface area contributed by atoms with Crippen LogP contribution in [0.25, 0.3) is 0 Å². The molecule has 92 valence electrons. The molecule has 0 saturated carbocycles. The van der Waals surface area contributed by atoms with Crippen molar-refractivity contribution in [2.75, 3.05) is 23.9 Å². The normalized spacial score (nSPS) is 12.4. The molecule has 0 aliphatic heterocycles. The summed E-state index contributed by atoms with van der Waals surface area (Å²) >= 11 is 7.29. The zero-order valence-corrected chi connectivity index (χ0v) is 13.4. The second kappa shape index (κ2) is 9.00. The van der Waals surface area contributed by atoms with Crippen LogP contribution in [0.2, 0.25) is 0 Å². The monoisotopic (exact) mass is 342 g/mol. The van der Waals surface area contributed by atoms with E-state index in [0.29, 0.717) is 5.41 Å². The SMILES string of the molecule is CCCOCCC(CBr)(CBr)CC(C)C. The Balaban J connectivity index is 4.00. The van der Waals surface area contributed by atoms with Crippen molar-refractivity contribution in [1.82, 2.24) is 0 Å². The van der Waals surface area contributed by atoms with E-state index in [-0.39, 0.29) is 0 Å². The van der Waals surface area contributed by atoms with E-state index in [1.807, 2.05) is 0 Å². The molecular formula is C12H24Br2O. The van der Waals surface area contributed by atoms with Gasteiger partial charge in [-0.2, -0.15) is 0 Å². The molecule has 0 heterocycles. The Hall–Kier alpha value is 0.920. The second-order valence-electron chi connectivity index (χ2n) is 4.73. The fourth-order valence-electron chi connectivity index (χ4n) is 1.78. The molecule has 0 unspecified atom stereocenters. The largest absolute Gasteiger partial charge is 0.381 e. The first kappa shape index (κ1) is 15.9. The lowest BCUT2D eigenvalue weighted by molar-refractivity contribution is 0.101. The molecule has 1 nitrogen and oxygen atoms in total. The third-order valence-corrected chi connectivity index (χ3v) is 4.91. The summed E-state index contributed by atoms with van der Waals surface area (Å²) in [4.78, 5) is 0. The highest BCUT2D eigenvalue weighted by atomic mass is 79.9. The van der Waals surface area contributed by atoms with Gasteiger partial charge in [-0.3, -0.25) is 0 Å². The van der Waals surface area contributed by atoms with Gasteiger partial charge < -0.3 is 4.74 Å². The van der Waals surface area contributed by atoms with Crippen LogP contribution >= 0.6 is 31.9 Å². The second-order valence-corrected chi connectivity index (χ2v) is 5.85. The van der Waals surface area contributed by atoms with Crippen LogP contribution in [0.3, 0.4) is 0 Å². The van der Waals surface area contributed by atoms with Crippen LogP contribution in [-0.2, 0) is 4.74 Å². The van der Waals surface area contributed by atoms with E-state index in [0.717, 1.165) is 42.6 Å². The topological polar surface area (TPSA) is 9.23 Å². The Morgan fingerprint density at radius 3 is 2.13 bits per heavy atom. The van der Waals surface area contributed by atoms with E-state index in [9.17, 15) is 0 Å². The number of alkyl halides is 2. The maximum atomic E-state index is 5.58. The molecule has 0 aromatic heterocycles. The van der Waals surface area contributed by atoms with Gasteiger partial charge in [-0.15, -0.1) is 0 Å². The molecule has 0 aliphatic rings. The summed E-state index contributed by atoms with van der Waals surface area (Å²) in [5.74, 6) is 0.742. The van der Waals surface area contributed by atoms with Crippen molar-refractivity contribution in [3.8, 4) is 0 Å². The van der Waals surface area contributed by atoms with Gasteiger partial charge in [-0.25, -0.2) is 0 Å². The Morgan fingerprint density at radius 2 is 1.73 bits per heavy atom. The minimum atomic E-state index is 0.363. The first-order valence-electron chi connectivity index (χ1n) is 5.80. The first-order chi connectivity index (χ1) is 7.10. The summed E-state index contributed by atoms with van der Waals surface area (Å²) in [5.41, 5.74) is 0.363. The van der Waals surface area contributed by atoms with E-state index in [1.165, 1.54) is 6.42 Å². The van der Waals surface area contributed by atoms with Crippen molar-refractivity contribution in [1.29, 1.82) is 0 Å². The molecule has 0 amide bonds. The summed E-state index contributed by atoms with van der Waals surface area (Å²) in [6.07, 6.45) is 3.50. The average Bonchev–Trinajstić information content (AvgIpc) is 2.22. The molecule has 0 aromatic carbocycles. The highest BCUT2D eigenvalue weighted by Crippen LogP contribution is 2.34. The van der Waals surface area contributed by atoms with Crippen molar-refractivity contribution in [2.24, 2.45) is 11.3 Å². The van der Waals surface area contributed by atoms with E-state index in [1.54, 1.807) is 0 Å². The van der Waals surface area contributed by atoms with Crippen molar-refractivity contribution in [3.05, 3.63) is 0 Å². The summed E-state index contributed by atoms with van der Waals surface area (Å²) in [5, 5.41) is 2.11. The molecule has 0 rings (SSSR count). The van der Waals surface area contributed by atoms with Crippen LogP contribution in [0.4, 0.5) is 0 Å². The third kappa shape index (κ3) is 6.96. The fraction of sp³-hybridized carbons (Fsp3) is 1.00. The summed E-state index contributed by atoms with van der Waals surface area (Å²) in [6.45, 7) is 8.50. The van der Waals surface area contributed by atoms with Crippen molar-refractivity contribution >= 4 is 31.9 Å². The third-order valence-electron chi connectivity index (χ3n) is 2.53. The number of ether oxygens (including phenoxy) is 1. The highest BCUT2D eigenvalue weighted by molar-refractivity contribution is 9.09. The lowest BCUT2D eigenvalue weighted by Gasteiger charge is -2.31. The van der Waals surface area contributed by atoms with E-state index in [2.05, 4.69) is 52.6 Å². The van der Waals surface area contributed by atoms with Crippen LogP contribution < -0.4 is 0 Å². The quantitative estimate of drug-likeness (QED) is 0.438. The summed E-state index contributed by atoms with van der Waals surface area (Å²) < 4.78 is 5.58. The Kier molecular flexibility index (Phi) is 9.55. The van der Waals surface area contributed by atoms with Crippen LogP contribution in [0.5, 0.6) is 0 Å². The predicted octanol–water partition coefficient (Wildman–Crippen LogP) is 4.63. The van der Waals surface area contributed by atoms with Gasteiger partial charge >= 0.3 is 0 Å². The van der Waals surface area contributed by atoms with E-state index < -0.39 is 0 Å². The summed E-state index contributed by atoms with van der Waals surface area (Å²) in [6, 6.07) is 0. The molecule has 0 atom stereocenters. The molecule has 0 spiro atoms. The van der Waals surface area contributed by atoms with Gasteiger partial charge in [0.1, 0.15) is 0 Å². The number of rotatable bonds is 9. The molecule has 0 aliphatic carbocycles. The fourth-order valence-corrected chi connectivity index (χ4v) is 3.73. The lowest BCUT2D eigenvalue weighted by atomic mass is 9.81. The van der Waals surface area contributed by atoms with Gasteiger partial charge in [-0.1, -0.05) is 52.6 Å². The molecule has 0 bridgehead atoms. The Labute approximate surface area is 112 Å². The summed E-state index contributed by atoms with van der Waals surface area (Å²) in [7, 11) is 0. The van der Waals surface area contributed by atoms with Gasteiger partial charge in [0.15, 0.2) is 0 Å². The van der Waals surface area contributed by atoms with Crippen molar-refractivity contribution in [2.45, 2.75) is 40.0 Å². The smallest absolute Gasteiger partial charge is 0.0471 e. The van der Waals surface area contributed by atoms with Gasteiger partial charge in [0.25, 0.3) is 0 Å². The van der Waals surface area contributed by atoms with Crippen molar-refractivity contribution < 1.29 is 4.74 Å². The standard InChI is InChI=1S/C12H24Br2O/c1-4-6-15-7-5-12(9-13,10-14)8-11(2)3/h11H,4-10H2,1-3H3. The van der Waals surface area contributed by atoms with Gasteiger partial charge in [0.05, 0.1) is 0 Å². The molecule has 0 aromatic rings. The van der Waals surface area contributed by atoms with Crippen LogP contribution in [-0.4, -0.2) is 23.9 Å². The lowest BCUT2D eigenvalue weighted by Crippen LogP contribution is -2.28. The maximum absolute atomic E-state index is 5.58. The zero-order valence-electron chi connectivity index (χ0n) is 10.2. The van der Waals surface area contributed by atoms with Crippen LogP contribution in [0, 0.1) is 11.3 Å². The van der Waals surface area contributed by atoms with Crippen LogP contribution in [0.1, 0.15) is 40.0 Å². The van der Waals surface area contributed by atoms with E-state index in [4.69, 9.17) is 4.74 Å². The molecule has 15 heavy (non-hydrogen) atoms. The van der Waals surface area contributed by atoms with Gasteiger partial charge in [-0.05, 0) is 30.6 Å². The first-order valence-corrected chi connectivity index (χ1v) is 8.04. The predicted molar refractivity (Wildman–Crippen MR) is 75.2 cm³/mol. The average molecular weight is 344 g/mol. The Morgan fingerprint density at radius 1 is 1.13 bits per heavy atom. The number of hydrogen-bond acceptors (Lipinski definition) is 1. The molecule has 3 heteroatoms. The molecule has 0 fully saturated rings. The van der Waals surface area contributed by atoms with Crippen LogP contribution in [0.15, 0.2) is 0 Å². The van der Waals surface area contributed by atoms with E-state index >= 15 is 0 Å². The minimum absolute atomic E-state index is 0.363. The highest BCUT2D eigenvalue weighted by Gasteiger charge is 2.28. The number of halogens is 2. The Bertz CT molecular complexity index is 145. The molecule has 0 saturated heterocycles. The number of hydrogen-bond donors (Lipinski definition) is 0. The van der Waals surface area contributed by atoms with Gasteiger partial charge in [0, 0.05) is 23.9 Å². The zero-order chi connectivity index (χ0) is 11.7. The van der Waals surface area contributed by atoms with Crippen molar-refractivity contribution in [3.63, 3.8) is 0 Å². The molecule has 0 radical (unpaired) electrons. The van der Waals surface area contributed by atoms with Gasteiger partial charge in [0.2, 0.25) is 0 Å². The maximum Gasteiger partial charge on any atom is 0.0471 e.